The van der Waals surface area contributed by atoms with Crippen LogP contribution in [-0.4, -0.2) is 13.2 Å². The van der Waals surface area contributed by atoms with Crippen molar-refractivity contribution in [3.8, 4) is 5.75 Å². The lowest BCUT2D eigenvalue weighted by Gasteiger charge is -2.15. The van der Waals surface area contributed by atoms with Crippen LogP contribution in [0.2, 0.25) is 0 Å². The average molecular weight is 413 g/mol. The van der Waals surface area contributed by atoms with Crippen LogP contribution < -0.4 is 10.1 Å². The van der Waals surface area contributed by atoms with Crippen LogP contribution in [0.3, 0.4) is 0 Å². The monoisotopic (exact) mass is 411 g/mol. The molecule has 2 nitrogen and oxygen atoms in total. The number of nitrogens with one attached hydrogen (secondary N) is 1. The van der Waals surface area contributed by atoms with E-state index in [1.54, 1.807) is 7.11 Å². The summed E-state index contributed by atoms with van der Waals surface area (Å²) in [6, 6.07) is 14.9. The Morgan fingerprint density at radius 2 is 1.81 bits per heavy atom. The summed E-state index contributed by atoms with van der Waals surface area (Å²) in [5, 5.41) is 3.56. The van der Waals surface area contributed by atoms with Crippen LogP contribution in [0, 0.1) is 0 Å². The summed E-state index contributed by atoms with van der Waals surface area (Å²) in [7, 11) is 1.69. The number of rotatable bonds is 6. The molecule has 0 aliphatic rings. The van der Waals surface area contributed by atoms with Gasteiger partial charge in [-0.15, -0.1) is 0 Å². The predicted octanol–water partition coefficient (Wildman–Crippen LogP) is 4.94. The fourth-order valence-corrected chi connectivity index (χ4v) is 2.80. The van der Waals surface area contributed by atoms with E-state index in [1.165, 1.54) is 11.1 Å². The molecule has 0 aromatic heterocycles. The Labute approximate surface area is 143 Å². The molecule has 1 atom stereocenters. The third-order valence-electron chi connectivity index (χ3n) is 3.35. The maximum atomic E-state index is 5.27. The third-order valence-corrected chi connectivity index (χ3v) is 4.65. The van der Waals surface area contributed by atoms with E-state index in [-0.39, 0.29) is 0 Å². The first-order valence-electron chi connectivity index (χ1n) is 6.88. The van der Waals surface area contributed by atoms with Crippen LogP contribution in [-0.2, 0) is 13.0 Å². The van der Waals surface area contributed by atoms with Gasteiger partial charge in [-0.3, -0.25) is 0 Å². The van der Waals surface area contributed by atoms with Gasteiger partial charge in [0.25, 0.3) is 0 Å². The molecule has 0 bridgehead atoms. The molecule has 0 aliphatic heterocycles. The number of hydrogen-bond acceptors (Lipinski definition) is 2. The van der Waals surface area contributed by atoms with Crippen molar-refractivity contribution in [1.82, 2.24) is 5.32 Å². The van der Waals surface area contributed by atoms with Crippen LogP contribution in [0.5, 0.6) is 5.75 Å². The molecule has 4 heteroatoms. The van der Waals surface area contributed by atoms with Crippen LogP contribution in [0.1, 0.15) is 18.1 Å². The van der Waals surface area contributed by atoms with Gasteiger partial charge < -0.3 is 10.1 Å². The minimum atomic E-state index is 0.407. The lowest BCUT2D eigenvalue weighted by atomic mass is 10.1. The molecule has 1 unspecified atom stereocenters. The predicted molar refractivity (Wildman–Crippen MR) is 94.8 cm³/mol. The van der Waals surface area contributed by atoms with E-state index < -0.39 is 0 Å². The molecule has 0 radical (unpaired) electrons. The normalized spacial score (nSPS) is 12.2. The summed E-state index contributed by atoms with van der Waals surface area (Å²) in [6.45, 7) is 3.02. The molecule has 0 amide bonds. The Hall–Kier alpha value is -0.840. The van der Waals surface area contributed by atoms with Crippen molar-refractivity contribution in [2.45, 2.75) is 25.9 Å². The summed E-state index contributed by atoms with van der Waals surface area (Å²) >= 11 is 7.05. The number of methoxy groups -OCH3 is 1. The van der Waals surface area contributed by atoms with Crippen molar-refractivity contribution in [2.75, 3.05) is 7.11 Å². The van der Waals surface area contributed by atoms with Crippen LogP contribution in [0.4, 0.5) is 0 Å². The van der Waals surface area contributed by atoms with Crippen molar-refractivity contribution in [3.63, 3.8) is 0 Å². The van der Waals surface area contributed by atoms with E-state index in [0.717, 1.165) is 27.7 Å². The van der Waals surface area contributed by atoms with Crippen LogP contribution in [0.15, 0.2) is 51.4 Å². The second kappa shape index (κ2) is 7.97. The fourth-order valence-electron chi connectivity index (χ4n) is 2.14. The van der Waals surface area contributed by atoms with E-state index in [1.807, 2.05) is 12.1 Å². The van der Waals surface area contributed by atoms with E-state index in [4.69, 9.17) is 4.74 Å². The summed E-state index contributed by atoms with van der Waals surface area (Å²) in [5.74, 6) is 0.885. The Morgan fingerprint density at radius 1 is 1.10 bits per heavy atom. The van der Waals surface area contributed by atoms with Crippen LogP contribution in [0.25, 0.3) is 0 Å². The van der Waals surface area contributed by atoms with Gasteiger partial charge >= 0.3 is 0 Å². The maximum absolute atomic E-state index is 5.27. The molecular weight excluding hydrogens is 394 g/mol. The van der Waals surface area contributed by atoms with Crippen molar-refractivity contribution < 1.29 is 4.74 Å². The molecule has 2 aromatic rings. The Kier molecular flexibility index (Phi) is 6.27. The molecule has 21 heavy (non-hydrogen) atoms. The molecule has 2 aromatic carbocycles. The molecule has 1 N–H and O–H groups in total. The number of ether oxygens (including phenoxy) is 1. The zero-order valence-electron chi connectivity index (χ0n) is 12.2. The van der Waals surface area contributed by atoms with Crippen LogP contribution >= 0.6 is 31.9 Å². The summed E-state index contributed by atoms with van der Waals surface area (Å²) in [6.07, 6.45) is 1.01. The summed E-state index contributed by atoms with van der Waals surface area (Å²) < 4.78 is 7.49. The lowest BCUT2D eigenvalue weighted by molar-refractivity contribution is 0.413. The molecule has 2 rings (SSSR count). The smallest absolute Gasteiger partial charge is 0.119 e. The van der Waals surface area contributed by atoms with Gasteiger partial charge in [-0.25, -0.2) is 0 Å². The minimum absolute atomic E-state index is 0.407. The molecule has 0 aliphatic carbocycles. The largest absolute Gasteiger partial charge is 0.497 e. The quantitative estimate of drug-likeness (QED) is 0.725. The number of benzene rings is 2. The van der Waals surface area contributed by atoms with Gasteiger partial charge in [0.15, 0.2) is 0 Å². The van der Waals surface area contributed by atoms with Gasteiger partial charge in [-0.05, 0) is 54.8 Å². The average Bonchev–Trinajstić information content (AvgIpc) is 2.49. The van der Waals surface area contributed by atoms with E-state index in [9.17, 15) is 0 Å². The van der Waals surface area contributed by atoms with Crippen molar-refractivity contribution in [2.24, 2.45) is 0 Å². The Balaban J connectivity index is 1.91. The van der Waals surface area contributed by atoms with Gasteiger partial charge in [0, 0.05) is 21.5 Å². The first-order valence-corrected chi connectivity index (χ1v) is 8.47. The molecule has 0 spiro atoms. The van der Waals surface area contributed by atoms with E-state index in [0.29, 0.717) is 6.04 Å². The minimum Gasteiger partial charge on any atom is -0.497 e. The maximum Gasteiger partial charge on any atom is 0.119 e. The van der Waals surface area contributed by atoms with Crippen molar-refractivity contribution in [1.29, 1.82) is 0 Å². The van der Waals surface area contributed by atoms with Gasteiger partial charge in [-0.2, -0.15) is 0 Å². The molecule has 0 heterocycles. The molecule has 0 saturated heterocycles. The first-order chi connectivity index (χ1) is 10.1. The zero-order chi connectivity index (χ0) is 15.2. The highest BCUT2D eigenvalue weighted by Crippen LogP contribution is 2.22. The topological polar surface area (TPSA) is 21.3 Å². The second-order valence-electron chi connectivity index (χ2n) is 5.07. The highest BCUT2D eigenvalue weighted by Gasteiger charge is 2.06. The fraction of sp³-hybridized carbons (Fsp3) is 0.294. The summed E-state index contributed by atoms with van der Waals surface area (Å²) in [4.78, 5) is 0. The van der Waals surface area contributed by atoms with Crippen molar-refractivity contribution in [3.05, 3.63) is 62.5 Å². The highest BCUT2D eigenvalue weighted by molar-refractivity contribution is 9.10. The van der Waals surface area contributed by atoms with Gasteiger partial charge in [0.2, 0.25) is 0 Å². The van der Waals surface area contributed by atoms with Crippen molar-refractivity contribution >= 4 is 31.9 Å². The lowest BCUT2D eigenvalue weighted by Crippen LogP contribution is -2.27. The van der Waals surface area contributed by atoms with E-state index >= 15 is 0 Å². The zero-order valence-corrected chi connectivity index (χ0v) is 15.4. The Morgan fingerprint density at radius 3 is 2.48 bits per heavy atom. The molecular formula is C17H19Br2NO. The summed E-state index contributed by atoms with van der Waals surface area (Å²) in [5.41, 5.74) is 2.54. The van der Waals surface area contributed by atoms with Gasteiger partial charge in [0.05, 0.1) is 7.11 Å². The van der Waals surface area contributed by atoms with Gasteiger partial charge in [0.1, 0.15) is 5.75 Å². The standard InChI is InChI=1S/C17H19Br2NO/c1-12(9-13-3-5-15(18)6-4-13)20-11-14-10-16(21-2)7-8-17(14)19/h3-8,10,12,20H,9,11H2,1-2H3. The third kappa shape index (κ3) is 5.13. The SMILES string of the molecule is COc1ccc(Br)c(CNC(C)Cc2ccc(Br)cc2)c1. The van der Waals surface area contributed by atoms with Gasteiger partial charge in [-0.1, -0.05) is 44.0 Å². The Bertz CT molecular complexity index is 584. The molecule has 0 saturated carbocycles. The second-order valence-corrected chi connectivity index (χ2v) is 6.84. The molecule has 112 valence electrons. The van der Waals surface area contributed by atoms with E-state index in [2.05, 4.69) is 74.4 Å². The first kappa shape index (κ1) is 16.5. The molecule has 0 fully saturated rings. The number of hydrogen-bond donors (Lipinski definition) is 1. The highest BCUT2D eigenvalue weighted by atomic mass is 79.9. The number of halogens is 2.